The van der Waals surface area contributed by atoms with Crippen LogP contribution in [0.25, 0.3) is 0 Å². The van der Waals surface area contributed by atoms with Crippen LogP contribution in [0.2, 0.25) is 0 Å². The SMILES string of the molecule is Cc1cc(C)c(C(=O)CSc2nc(C)c(CC(N)=O)s2)c(C)c1. The van der Waals surface area contributed by atoms with Gasteiger partial charge in [0, 0.05) is 10.4 Å². The lowest BCUT2D eigenvalue weighted by atomic mass is 9.97. The molecule has 4 nitrogen and oxygen atoms in total. The summed E-state index contributed by atoms with van der Waals surface area (Å²) in [6.45, 7) is 7.82. The van der Waals surface area contributed by atoms with Crippen molar-refractivity contribution < 1.29 is 9.59 Å². The fourth-order valence-electron chi connectivity index (χ4n) is 2.60. The third-order valence-corrected chi connectivity index (χ3v) is 5.79. The van der Waals surface area contributed by atoms with Crippen LogP contribution < -0.4 is 5.73 Å². The summed E-state index contributed by atoms with van der Waals surface area (Å²) in [5, 5.41) is 0. The van der Waals surface area contributed by atoms with Crippen molar-refractivity contribution in [2.45, 2.75) is 38.5 Å². The topological polar surface area (TPSA) is 73.1 Å². The second kappa shape index (κ2) is 7.27. The number of thiazole rings is 1. The van der Waals surface area contributed by atoms with Gasteiger partial charge in [-0.05, 0) is 38.8 Å². The van der Waals surface area contributed by atoms with Crippen molar-refractivity contribution in [3.63, 3.8) is 0 Å². The number of ketones is 1. The van der Waals surface area contributed by atoms with E-state index in [1.807, 2.05) is 39.8 Å². The number of aryl methyl sites for hydroxylation is 4. The van der Waals surface area contributed by atoms with Crippen molar-refractivity contribution in [3.8, 4) is 0 Å². The molecule has 1 aromatic heterocycles. The van der Waals surface area contributed by atoms with Gasteiger partial charge in [0.05, 0.1) is 17.9 Å². The first kappa shape index (κ1) is 17.7. The first-order chi connectivity index (χ1) is 10.8. The molecule has 6 heteroatoms. The summed E-state index contributed by atoms with van der Waals surface area (Å²) in [5.41, 5.74) is 10.0. The van der Waals surface area contributed by atoms with Crippen LogP contribution in [0.3, 0.4) is 0 Å². The molecule has 0 aliphatic rings. The number of hydrogen-bond donors (Lipinski definition) is 1. The minimum Gasteiger partial charge on any atom is -0.369 e. The van der Waals surface area contributed by atoms with E-state index in [2.05, 4.69) is 4.98 Å². The zero-order chi connectivity index (χ0) is 17.1. The highest BCUT2D eigenvalue weighted by Gasteiger charge is 2.16. The van der Waals surface area contributed by atoms with E-state index in [-0.39, 0.29) is 18.1 Å². The lowest BCUT2D eigenvalue weighted by Crippen LogP contribution is -2.13. The predicted molar refractivity (Wildman–Crippen MR) is 95.5 cm³/mol. The third-order valence-electron chi connectivity index (χ3n) is 3.49. The van der Waals surface area contributed by atoms with Crippen molar-refractivity contribution in [2.24, 2.45) is 5.73 Å². The molecule has 2 rings (SSSR count). The van der Waals surface area contributed by atoms with Crippen LogP contribution in [0.5, 0.6) is 0 Å². The van der Waals surface area contributed by atoms with Crippen LogP contribution in [0.1, 0.15) is 37.6 Å². The monoisotopic (exact) mass is 348 g/mol. The first-order valence-corrected chi connectivity index (χ1v) is 9.06. The number of nitrogens with two attached hydrogens (primary N) is 1. The standard InChI is InChI=1S/C17H20N2O2S2/c1-9-5-10(2)16(11(3)6-9)13(20)8-22-17-19-12(4)14(23-17)7-15(18)21/h5-6H,7-8H2,1-4H3,(H2,18,21). The maximum Gasteiger partial charge on any atom is 0.222 e. The number of primary amides is 1. The molecule has 0 spiro atoms. The number of nitrogens with zero attached hydrogens (tertiary/aromatic N) is 1. The van der Waals surface area contributed by atoms with Crippen molar-refractivity contribution in [1.82, 2.24) is 4.98 Å². The Morgan fingerprint density at radius 1 is 1.17 bits per heavy atom. The molecule has 0 saturated carbocycles. The maximum atomic E-state index is 12.5. The van der Waals surface area contributed by atoms with Gasteiger partial charge in [-0.1, -0.05) is 29.5 Å². The molecule has 1 aromatic carbocycles. The van der Waals surface area contributed by atoms with E-state index in [0.717, 1.165) is 37.2 Å². The molecular formula is C17H20N2O2S2. The second-order valence-electron chi connectivity index (χ2n) is 5.62. The Hall–Kier alpha value is -1.66. The Morgan fingerprint density at radius 3 is 2.35 bits per heavy atom. The Bertz CT molecular complexity index is 743. The van der Waals surface area contributed by atoms with Gasteiger partial charge < -0.3 is 5.73 Å². The average Bonchev–Trinajstić information content (AvgIpc) is 2.75. The Labute approximate surface area is 144 Å². The number of carbonyl (C=O) groups is 2. The Kier molecular flexibility index (Phi) is 5.59. The summed E-state index contributed by atoms with van der Waals surface area (Å²) in [4.78, 5) is 28.8. The van der Waals surface area contributed by atoms with Crippen molar-refractivity contribution in [3.05, 3.63) is 45.0 Å². The van der Waals surface area contributed by atoms with E-state index >= 15 is 0 Å². The molecule has 0 saturated heterocycles. The molecule has 0 bridgehead atoms. The van der Waals surface area contributed by atoms with Crippen LogP contribution in [0.15, 0.2) is 16.5 Å². The van der Waals surface area contributed by atoms with Gasteiger partial charge in [0.15, 0.2) is 10.1 Å². The number of hydrogen-bond acceptors (Lipinski definition) is 5. The van der Waals surface area contributed by atoms with Crippen LogP contribution in [-0.4, -0.2) is 22.4 Å². The summed E-state index contributed by atoms with van der Waals surface area (Å²) in [7, 11) is 0. The lowest BCUT2D eigenvalue weighted by Gasteiger charge is -2.09. The van der Waals surface area contributed by atoms with Gasteiger partial charge >= 0.3 is 0 Å². The van der Waals surface area contributed by atoms with Crippen LogP contribution in [0, 0.1) is 27.7 Å². The van der Waals surface area contributed by atoms with Gasteiger partial charge in [-0.3, -0.25) is 9.59 Å². The molecule has 2 aromatic rings. The average molecular weight is 348 g/mol. The molecule has 0 aliphatic carbocycles. The highest BCUT2D eigenvalue weighted by Crippen LogP contribution is 2.29. The normalized spacial score (nSPS) is 10.8. The molecule has 0 fully saturated rings. The number of carbonyl (C=O) groups excluding carboxylic acids is 2. The second-order valence-corrected chi connectivity index (χ2v) is 7.92. The maximum absolute atomic E-state index is 12.5. The molecule has 1 amide bonds. The third kappa shape index (κ3) is 4.42. The van der Waals surface area contributed by atoms with Gasteiger partial charge in [0.1, 0.15) is 0 Å². The predicted octanol–water partition coefficient (Wildman–Crippen LogP) is 3.38. The van der Waals surface area contributed by atoms with Crippen LogP contribution in [0.4, 0.5) is 0 Å². The zero-order valence-corrected chi connectivity index (χ0v) is 15.4. The van der Waals surface area contributed by atoms with Gasteiger partial charge in [0.25, 0.3) is 0 Å². The van der Waals surface area contributed by atoms with E-state index < -0.39 is 0 Å². The van der Waals surface area contributed by atoms with E-state index in [0.29, 0.717) is 5.75 Å². The van der Waals surface area contributed by atoms with Crippen molar-refractivity contribution in [2.75, 3.05) is 5.75 Å². The van der Waals surface area contributed by atoms with Crippen LogP contribution >= 0.6 is 23.1 Å². The minimum absolute atomic E-state index is 0.106. The van der Waals surface area contributed by atoms with Crippen molar-refractivity contribution in [1.29, 1.82) is 0 Å². The number of aromatic nitrogens is 1. The molecule has 0 atom stereocenters. The Balaban J connectivity index is 2.09. The zero-order valence-electron chi connectivity index (χ0n) is 13.7. The number of amides is 1. The molecule has 23 heavy (non-hydrogen) atoms. The number of rotatable bonds is 6. The fraction of sp³-hybridized carbons (Fsp3) is 0.353. The summed E-state index contributed by atoms with van der Waals surface area (Å²) >= 11 is 2.85. The number of benzene rings is 1. The van der Waals surface area contributed by atoms with E-state index in [1.165, 1.54) is 23.1 Å². The van der Waals surface area contributed by atoms with Crippen molar-refractivity contribution >= 4 is 34.8 Å². The van der Waals surface area contributed by atoms with E-state index in [1.54, 1.807) is 0 Å². The molecule has 1 heterocycles. The summed E-state index contributed by atoms with van der Waals surface area (Å²) in [5.74, 6) is 0.0813. The summed E-state index contributed by atoms with van der Waals surface area (Å²) in [6, 6.07) is 4.06. The van der Waals surface area contributed by atoms with Crippen LogP contribution in [-0.2, 0) is 11.2 Å². The minimum atomic E-state index is -0.365. The van der Waals surface area contributed by atoms with Gasteiger partial charge in [-0.2, -0.15) is 0 Å². The van der Waals surface area contributed by atoms with Gasteiger partial charge in [0.2, 0.25) is 5.91 Å². The molecule has 0 aliphatic heterocycles. The van der Waals surface area contributed by atoms with E-state index in [9.17, 15) is 9.59 Å². The molecule has 0 radical (unpaired) electrons. The molecule has 2 N–H and O–H groups in total. The highest BCUT2D eigenvalue weighted by atomic mass is 32.2. The van der Waals surface area contributed by atoms with Gasteiger partial charge in [-0.25, -0.2) is 4.98 Å². The molecule has 122 valence electrons. The largest absolute Gasteiger partial charge is 0.369 e. The quantitative estimate of drug-likeness (QED) is 0.641. The molecule has 0 unspecified atom stereocenters. The summed E-state index contributed by atoms with van der Waals surface area (Å²) in [6.07, 6.45) is 0.203. The smallest absolute Gasteiger partial charge is 0.222 e. The first-order valence-electron chi connectivity index (χ1n) is 7.26. The molecular weight excluding hydrogens is 328 g/mol. The number of Topliss-reactive ketones (excluding diaryl/α,β-unsaturated/α-hetero) is 1. The lowest BCUT2D eigenvalue weighted by molar-refractivity contribution is -0.117. The van der Waals surface area contributed by atoms with E-state index in [4.69, 9.17) is 5.73 Å². The summed E-state index contributed by atoms with van der Waals surface area (Å²) < 4.78 is 0.800. The fourth-order valence-corrected chi connectivity index (χ4v) is 4.72. The van der Waals surface area contributed by atoms with Gasteiger partial charge in [-0.15, -0.1) is 11.3 Å². The Morgan fingerprint density at radius 2 is 1.78 bits per heavy atom. The highest BCUT2D eigenvalue weighted by molar-refractivity contribution is 8.01. The number of thioether (sulfide) groups is 1.